The Morgan fingerprint density at radius 3 is 2.64 bits per heavy atom. The molecule has 0 aliphatic rings. The van der Waals surface area contributed by atoms with E-state index in [1.54, 1.807) is 7.05 Å². The smallest absolute Gasteiger partial charge is 0.435 e. The summed E-state index contributed by atoms with van der Waals surface area (Å²) in [7, 11) is -2.80. The normalized spacial score (nSPS) is 15.8. The van der Waals surface area contributed by atoms with Crippen molar-refractivity contribution in [2.24, 2.45) is 0 Å². The van der Waals surface area contributed by atoms with Crippen molar-refractivity contribution in [2.45, 2.75) is 0 Å². The van der Waals surface area contributed by atoms with Crippen LogP contribution in [0.2, 0.25) is 0 Å². The van der Waals surface area contributed by atoms with Crippen LogP contribution in [0, 0.1) is 0 Å². The molecular weight excluding hydrogens is 173 g/mol. The first-order valence-corrected chi connectivity index (χ1v) is 4.44. The lowest BCUT2D eigenvalue weighted by molar-refractivity contribution is 0.196. The molecule has 0 aliphatic heterocycles. The molecule has 0 aromatic carbocycles. The third-order valence-corrected chi connectivity index (χ3v) is 1.88. The van der Waals surface area contributed by atoms with E-state index in [4.69, 9.17) is 10.00 Å². The van der Waals surface area contributed by atoms with Gasteiger partial charge in [0.25, 0.3) is 0 Å². The van der Waals surface area contributed by atoms with E-state index in [1.165, 1.54) is 0 Å². The zero-order valence-corrected chi connectivity index (χ0v) is 6.88. The van der Waals surface area contributed by atoms with E-state index in [-0.39, 0.29) is 6.61 Å². The lowest BCUT2D eigenvalue weighted by Gasteiger charge is -2.05. The molecular formula is C4H10NO5P. The molecule has 66 valence electrons. The molecule has 0 aromatic heterocycles. The van der Waals surface area contributed by atoms with Crippen LogP contribution in [0.4, 0.5) is 4.79 Å². The fraction of sp³-hybridized carbons (Fsp3) is 0.750. The Labute approximate surface area is 63.7 Å². The summed E-state index contributed by atoms with van der Waals surface area (Å²) in [5.74, 6) is 0. The van der Waals surface area contributed by atoms with Crippen molar-refractivity contribution in [2.75, 3.05) is 20.2 Å². The maximum atomic E-state index is 10.5. The second kappa shape index (κ2) is 4.46. The Bertz CT molecular complexity index is 181. The molecule has 0 aromatic rings. The third-order valence-electron chi connectivity index (χ3n) is 0.860. The number of rotatable bonds is 5. The van der Waals surface area contributed by atoms with Crippen molar-refractivity contribution in [3.05, 3.63) is 0 Å². The SMILES string of the molecule is CNCCOP(=O)(O)C(=O)O. The molecule has 0 saturated carbocycles. The van der Waals surface area contributed by atoms with E-state index in [9.17, 15) is 9.36 Å². The van der Waals surface area contributed by atoms with Gasteiger partial charge in [-0.05, 0) is 7.05 Å². The first-order chi connectivity index (χ1) is 5.00. The molecule has 0 rings (SSSR count). The summed E-state index contributed by atoms with van der Waals surface area (Å²) in [6.07, 6.45) is 0. The van der Waals surface area contributed by atoms with Gasteiger partial charge in [0.1, 0.15) is 0 Å². The number of carbonyl (C=O) groups is 1. The molecule has 1 atom stereocenters. The lowest BCUT2D eigenvalue weighted by atomic mass is 10.7. The molecule has 0 heterocycles. The summed E-state index contributed by atoms with van der Waals surface area (Å²) in [6, 6.07) is 0. The van der Waals surface area contributed by atoms with E-state index in [2.05, 4.69) is 9.84 Å². The van der Waals surface area contributed by atoms with E-state index in [0.717, 1.165) is 0 Å². The zero-order valence-electron chi connectivity index (χ0n) is 5.98. The van der Waals surface area contributed by atoms with Crippen LogP contribution in [0.15, 0.2) is 0 Å². The molecule has 0 saturated heterocycles. The minimum Gasteiger partial charge on any atom is -0.472 e. The van der Waals surface area contributed by atoms with E-state index >= 15 is 0 Å². The minimum absolute atomic E-state index is 0.101. The van der Waals surface area contributed by atoms with Crippen LogP contribution in [0.3, 0.4) is 0 Å². The first-order valence-electron chi connectivity index (χ1n) is 2.86. The highest BCUT2D eigenvalue weighted by Gasteiger charge is 2.29. The Kier molecular flexibility index (Phi) is 4.29. The number of hydrogen-bond acceptors (Lipinski definition) is 4. The second-order valence-electron chi connectivity index (χ2n) is 1.74. The van der Waals surface area contributed by atoms with Gasteiger partial charge in [-0.15, -0.1) is 0 Å². The minimum atomic E-state index is -4.42. The Morgan fingerprint density at radius 1 is 1.73 bits per heavy atom. The predicted molar refractivity (Wildman–Crippen MR) is 37.7 cm³/mol. The molecule has 3 N–H and O–H groups in total. The standard InChI is InChI=1S/C4H10NO5P/c1-5-2-3-10-11(8,9)4(6)7/h5H,2-3H2,1H3,(H,6,7)(H,8,9). The van der Waals surface area contributed by atoms with Crippen LogP contribution in [-0.2, 0) is 9.09 Å². The Hall–Kier alpha value is -0.420. The van der Waals surface area contributed by atoms with Crippen molar-refractivity contribution in [3.8, 4) is 0 Å². The maximum absolute atomic E-state index is 10.5. The van der Waals surface area contributed by atoms with Crippen molar-refractivity contribution in [1.29, 1.82) is 0 Å². The Morgan fingerprint density at radius 2 is 2.27 bits per heavy atom. The highest BCUT2D eigenvalue weighted by atomic mass is 31.2. The van der Waals surface area contributed by atoms with Gasteiger partial charge >= 0.3 is 13.3 Å². The Balaban J connectivity index is 3.74. The number of hydrogen-bond donors (Lipinski definition) is 3. The van der Waals surface area contributed by atoms with Crippen LogP contribution in [0.25, 0.3) is 0 Å². The number of carboxylic acid groups (broad SMARTS) is 1. The quantitative estimate of drug-likeness (QED) is 0.412. The fourth-order valence-electron chi connectivity index (χ4n) is 0.327. The second-order valence-corrected chi connectivity index (χ2v) is 3.42. The summed E-state index contributed by atoms with van der Waals surface area (Å²) in [6.45, 7) is 0.231. The van der Waals surface area contributed by atoms with Crippen molar-refractivity contribution < 1.29 is 23.9 Å². The van der Waals surface area contributed by atoms with Gasteiger partial charge in [-0.2, -0.15) is 0 Å². The molecule has 0 spiro atoms. The van der Waals surface area contributed by atoms with Crippen LogP contribution < -0.4 is 5.32 Å². The van der Waals surface area contributed by atoms with E-state index < -0.39 is 13.3 Å². The molecule has 7 heteroatoms. The van der Waals surface area contributed by atoms with Gasteiger partial charge in [-0.25, -0.2) is 9.36 Å². The summed E-state index contributed by atoms with van der Waals surface area (Å²) < 4.78 is 14.7. The zero-order chi connectivity index (χ0) is 8.91. The summed E-state index contributed by atoms with van der Waals surface area (Å²) in [5.41, 5.74) is -1.83. The summed E-state index contributed by atoms with van der Waals surface area (Å²) >= 11 is 0. The first kappa shape index (κ1) is 10.6. The monoisotopic (exact) mass is 183 g/mol. The number of nitrogens with one attached hydrogen (secondary N) is 1. The topological polar surface area (TPSA) is 95.9 Å². The van der Waals surface area contributed by atoms with E-state index in [0.29, 0.717) is 6.54 Å². The highest BCUT2D eigenvalue weighted by Crippen LogP contribution is 2.41. The van der Waals surface area contributed by atoms with Gasteiger partial charge in [-0.1, -0.05) is 0 Å². The van der Waals surface area contributed by atoms with Crippen LogP contribution in [-0.4, -0.2) is 35.9 Å². The third kappa shape index (κ3) is 4.10. The maximum Gasteiger partial charge on any atom is 0.435 e. The summed E-state index contributed by atoms with van der Waals surface area (Å²) in [5, 5.41) is 10.7. The molecule has 0 bridgehead atoms. The molecule has 11 heavy (non-hydrogen) atoms. The van der Waals surface area contributed by atoms with Crippen LogP contribution in [0.1, 0.15) is 0 Å². The highest BCUT2D eigenvalue weighted by molar-refractivity contribution is 7.70. The molecule has 0 aliphatic carbocycles. The average Bonchev–Trinajstić information content (AvgIpc) is 1.88. The fourth-order valence-corrected chi connectivity index (χ4v) is 0.776. The number of likely N-dealkylation sites (N-methyl/N-ethyl adjacent to an activating group) is 1. The predicted octanol–water partition coefficient (Wildman–Crippen LogP) is 0.0858. The molecule has 0 fully saturated rings. The lowest BCUT2D eigenvalue weighted by Crippen LogP contribution is -2.14. The van der Waals surface area contributed by atoms with Crippen molar-refractivity contribution >= 4 is 13.3 Å². The molecule has 0 amide bonds. The van der Waals surface area contributed by atoms with Gasteiger partial charge < -0.3 is 15.3 Å². The molecule has 6 nitrogen and oxygen atoms in total. The van der Waals surface area contributed by atoms with Crippen molar-refractivity contribution in [3.63, 3.8) is 0 Å². The van der Waals surface area contributed by atoms with E-state index in [1.807, 2.05) is 0 Å². The van der Waals surface area contributed by atoms with Crippen LogP contribution in [0.5, 0.6) is 0 Å². The summed E-state index contributed by atoms with van der Waals surface area (Å²) in [4.78, 5) is 18.5. The molecule has 0 radical (unpaired) electrons. The van der Waals surface area contributed by atoms with Gasteiger partial charge in [0, 0.05) is 6.54 Å². The van der Waals surface area contributed by atoms with Crippen LogP contribution >= 0.6 is 7.60 Å². The van der Waals surface area contributed by atoms with Gasteiger partial charge in [0.05, 0.1) is 6.61 Å². The average molecular weight is 183 g/mol. The van der Waals surface area contributed by atoms with Gasteiger partial charge in [0.2, 0.25) is 0 Å². The molecule has 1 unspecified atom stereocenters. The largest absolute Gasteiger partial charge is 0.472 e. The van der Waals surface area contributed by atoms with Crippen molar-refractivity contribution in [1.82, 2.24) is 5.32 Å². The van der Waals surface area contributed by atoms with Gasteiger partial charge in [-0.3, -0.25) is 4.52 Å². The van der Waals surface area contributed by atoms with Gasteiger partial charge in [0.15, 0.2) is 0 Å².